The Labute approximate surface area is 130 Å². The average Bonchev–Trinajstić information content (AvgIpc) is 2.84. The van der Waals surface area contributed by atoms with Gasteiger partial charge in [0.1, 0.15) is 12.6 Å². The highest BCUT2D eigenvalue weighted by molar-refractivity contribution is 5.88. The molecule has 2 atom stereocenters. The van der Waals surface area contributed by atoms with Crippen molar-refractivity contribution >= 4 is 16.8 Å². The molecule has 2 aromatic rings. The molecule has 2 unspecified atom stereocenters. The van der Waals surface area contributed by atoms with Crippen molar-refractivity contribution in [1.82, 2.24) is 9.47 Å². The van der Waals surface area contributed by atoms with Crippen LogP contribution in [0.4, 0.5) is 0 Å². The standard InChI is InChI=1S/C18H21N3O/c1-13-7-14(2)10-21(9-13)18(22)12-20-11-15(8-19)16-5-3-4-6-17(16)20/h3-6,11,13-14H,7,9-10,12H2,1-2H3. The summed E-state index contributed by atoms with van der Waals surface area (Å²) in [4.78, 5) is 14.6. The minimum atomic E-state index is 0.142. The van der Waals surface area contributed by atoms with Crippen molar-refractivity contribution in [2.75, 3.05) is 13.1 Å². The molecule has 0 saturated carbocycles. The van der Waals surface area contributed by atoms with Gasteiger partial charge in [-0.25, -0.2) is 0 Å². The number of rotatable bonds is 2. The third-order valence-electron chi connectivity index (χ3n) is 4.44. The molecule has 0 bridgehead atoms. The molecule has 1 aliphatic heterocycles. The molecule has 1 aliphatic rings. The van der Waals surface area contributed by atoms with Gasteiger partial charge >= 0.3 is 0 Å². The van der Waals surface area contributed by atoms with Gasteiger partial charge in [-0.1, -0.05) is 32.0 Å². The topological polar surface area (TPSA) is 49.0 Å². The van der Waals surface area contributed by atoms with Crippen molar-refractivity contribution in [2.45, 2.75) is 26.8 Å². The Balaban J connectivity index is 1.84. The van der Waals surface area contributed by atoms with Crippen molar-refractivity contribution in [3.8, 4) is 6.07 Å². The molecule has 0 N–H and O–H groups in total. The lowest BCUT2D eigenvalue weighted by molar-refractivity contribution is -0.134. The lowest BCUT2D eigenvalue weighted by atomic mass is 9.92. The summed E-state index contributed by atoms with van der Waals surface area (Å²) >= 11 is 0. The van der Waals surface area contributed by atoms with E-state index in [1.54, 1.807) is 6.20 Å². The maximum absolute atomic E-state index is 12.6. The van der Waals surface area contributed by atoms with Crippen molar-refractivity contribution in [3.63, 3.8) is 0 Å². The zero-order chi connectivity index (χ0) is 15.7. The Morgan fingerprint density at radius 1 is 1.27 bits per heavy atom. The Hall–Kier alpha value is -2.28. The highest BCUT2D eigenvalue weighted by Gasteiger charge is 2.25. The van der Waals surface area contributed by atoms with E-state index in [0.717, 1.165) is 24.0 Å². The lowest BCUT2D eigenvalue weighted by Gasteiger charge is -2.35. The molecule has 1 aromatic heterocycles. The summed E-state index contributed by atoms with van der Waals surface area (Å²) in [6.45, 7) is 6.40. The molecule has 114 valence electrons. The Morgan fingerprint density at radius 2 is 1.95 bits per heavy atom. The van der Waals surface area contributed by atoms with Gasteiger partial charge in [-0.15, -0.1) is 0 Å². The van der Waals surface area contributed by atoms with Crippen LogP contribution in [0.5, 0.6) is 0 Å². The first-order chi connectivity index (χ1) is 10.6. The third kappa shape index (κ3) is 2.71. The molecule has 0 spiro atoms. The number of piperidine rings is 1. The van der Waals surface area contributed by atoms with Crippen LogP contribution in [0.2, 0.25) is 0 Å². The molecule has 2 heterocycles. The fourth-order valence-corrected chi connectivity index (χ4v) is 3.58. The van der Waals surface area contributed by atoms with Gasteiger partial charge in [0, 0.05) is 30.2 Å². The zero-order valence-corrected chi connectivity index (χ0v) is 13.1. The van der Waals surface area contributed by atoms with Gasteiger partial charge in [-0.05, 0) is 24.3 Å². The van der Waals surface area contributed by atoms with Crippen LogP contribution in [0.15, 0.2) is 30.5 Å². The maximum atomic E-state index is 12.6. The van der Waals surface area contributed by atoms with E-state index in [0.29, 0.717) is 23.9 Å². The predicted molar refractivity (Wildman–Crippen MR) is 86.2 cm³/mol. The normalized spacial score (nSPS) is 21.8. The second-order valence-corrected chi connectivity index (χ2v) is 6.54. The number of fused-ring (bicyclic) bond motifs is 1. The SMILES string of the molecule is CC1CC(C)CN(C(=O)Cn2cc(C#N)c3ccccc32)C1. The average molecular weight is 295 g/mol. The quantitative estimate of drug-likeness (QED) is 0.855. The van der Waals surface area contributed by atoms with E-state index in [4.69, 9.17) is 0 Å². The number of hydrogen-bond donors (Lipinski definition) is 0. The molecular formula is C18H21N3O. The molecule has 0 radical (unpaired) electrons. The molecule has 1 aromatic carbocycles. The number of likely N-dealkylation sites (tertiary alicyclic amines) is 1. The van der Waals surface area contributed by atoms with Crippen LogP contribution in [0.25, 0.3) is 10.9 Å². The molecule has 3 rings (SSSR count). The summed E-state index contributed by atoms with van der Waals surface area (Å²) in [7, 11) is 0. The molecule has 22 heavy (non-hydrogen) atoms. The van der Waals surface area contributed by atoms with Crippen LogP contribution in [0.1, 0.15) is 25.8 Å². The minimum Gasteiger partial charge on any atom is -0.341 e. The molecule has 4 nitrogen and oxygen atoms in total. The molecular weight excluding hydrogens is 274 g/mol. The smallest absolute Gasteiger partial charge is 0.242 e. The van der Waals surface area contributed by atoms with Gasteiger partial charge in [0.05, 0.1) is 5.56 Å². The van der Waals surface area contributed by atoms with E-state index in [1.807, 2.05) is 33.7 Å². The number of carbonyl (C=O) groups excluding carboxylic acids is 1. The Morgan fingerprint density at radius 3 is 2.64 bits per heavy atom. The van der Waals surface area contributed by atoms with E-state index in [-0.39, 0.29) is 5.91 Å². The summed E-state index contributed by atoms with van der Waals surface area (Å²) in [6, 6.07) is 9.97. The van der Waals surface area contributed by atoms with Crippen LogP contribution in [0.3, 0.4) is 0 Å². The van der Waals surface area contributed by atoms with Crippen molar-refractivity contribution < 1.29 is 4.79 Å². The predicted octanol–water partition coefficient (Wildman–Crippen LogP) is 3.02. The van der Waals surface area contributed by atoms with Crippen LogP contribution < -0.4 is 0 Å². The lowest BCUT2D eigenvalue weighted by Crippen LogP contribution is -2.43. The maximum Gasteiger partial charge on any atom is 0.242 e. The number of nitrogens with zero attached hydrogens (tertiary/aromatic N) is 3. The van der Waals surface area contributed by atoms with E-state index in [9.17, 15) is 10.1 Å². The molecule has 0 aliphatic carbocycles. The fraction of sp³-hybridized carbons (Fsp3) is 0.444. The van der Waals surface area contributed by atoms with Gasteiger partial charge in [-0.2, -0.15) is 5.26 Å². The van der Waals surface area contributed by atoms with Gasteiger partial charge < -0.3 is 9.47 Å². The number of aromatic nitrogens is 1. The summed E-state index contributed by atoms with van der Waals surface area (Å²) in [5, 5.41) is 10.2. The highest BCUT2D eigenvalue weighted by atomic mass is 16.2. The van der Waals surface area contributed by atoms with E-state index >= 15 is 0 Å². The summed E-state index contributed by atoms with van der Waals surface area (Å²) in [5.41, 5.74) is 1.58. The van der Waals surface area contributed by atoms with Crippen LogP contribution >= 0.6 is 0 Å². The summed E-state index contributed by atoms with van der Waals surface area (Å²) in [5.74, 6) is 1.26. The van der Waals surface area contributed by atoms with Gasteiger partial charge in [-0.3, -0.25) is 4.79 Å². The first-order valence-corrected chi connectivity index (χ1v) is 7.84. The number of hydrogen-bond acceptors (Lipinski definition) is 2. The van der Waals surface area contributed by atoms with Gasteiger partial charge in [0.15, 0.2) is 0 Å². The van der Waals surface area contributed by atoms with Gasteiger partial charge in [0.25, 0.3) is 0 Å². The van der Waals surface area contributed by atoms with Crippen molar-refractivity contribution in [2.24, 2.45) is 11.8 Å². The molecule has 1 amide bonds. The number of benzene rings is 1. The Bertz CT molecular complexity index is 730. The van der Waals surface area contributed by atoms with Crippen LogP contribution in [-0.4, -0.2) is 28.5 Å². The largest absolute Gasteiger partial charge is 0.341 e. The number of nitriles is 1. The summed E-state index contributed by atoms with van der Waals surface area (Å²) < 4.78 is 1.90. The van der Waals surface area contributed by atoms with E-state index < -0.39 is 0 Å². The zero-order valence-electron chi connectivity index (χ0n) is 13.1. The summed E-state index contributed by atoms with van der Waals surface area (Å²) in [6.07, 6.45) is 2.98. The van der Waals surface area contributed by atoms with Crippen molar-refractivity contribution in [3.05, 3.63) is 36.0 Å². The van der Waals surface area contributed by atoms with Crippen molar-refractivity contribution in [1.29, 1.82) is 5.26 Å². The molecule has 1 fully saturated rings. The Kier molecular flexibility index (Phi) is 3.89. The first-order valence-electron chi connectivity index (χ1n) is 7.84. The van der Waals surface area contributed by atoms with Crippen LogP contribution in [0, 0.1) is 23.2 Å². The first kappa shape index (κ1) is 14.6. The molecule has 4 heteroatoms. The second kappa shape index (κ2) is 5.84. The monoisotopic (exact) mass is 295 g/mol. The number of para-hydroxylation sites is 1. The minimum absolute atomic E-state index is 0.142. The second-order valence-electron chi connectivity index (χ2n) is 6.54. The van der Waals surface area contributed by atoms with E-state index in [1.165, 1.54) is 6.42 Å². The van der Waals surface area contributed by atoms with E-state index in [2.05, 4.69) is 19.9 Å². The number of amides is 1. The fourth-order valence-electron chi connectivity index (χ4n) is 3.58. The van der Waals surface area contributed by atoms with Gasteiger partial charge in [0.2, 0.25) is 5.91 Å². The van der Waals surface area contributed by atoms with Crippen LogP contribution in [-0.2, 0) is 11.3 Å². The highest BCUT2D eigenvalue weighted by Crippen LogP contribution is 2.23. The third-order valence-corrected chi connectivity index (χ3v) is 4.44. The number of carbonyl (C=O) groups is 1. The molecule has 1 saturated heterocycles.